The van der Waals surface area contributed by atoms with Gasteiger partial charge in [0.25, 0.3) is 0 Å². The first-order chi connectivity index (χ1) is 10.8. The summed E-state index contributed by atoms with van der Waals surface area (Å²) in [6, 6.07) is 10.5. The van der Waals surface area contributed by atoms with E-state index in [-0.39, 0.29) is 0 Å². The molecule has 1 aliphatic carbocycles. The van der Waals surface area contributed by atoms with Crippen LogP contribution in [0.15, 0.2) is 30.3 Å². The van der Waals surface area contributed by atoms with Crippen LogP contribution in [0.3, 0.4) is 0 Å². The van der Waals surface area contributed by atoms with Crippen molar-refractivity contribution in [3.05, 3.63) is 35.9 Å². The van der Waals surface area contributed by atoms with Crippen LogP contribution in [-0.4, -0.2) is 22.7 Å². The zero-order valence-electron chi connectivity index (χ0n) is 13.7. The molecule has 0 radical (unpaired) electrons. The van der Waals surface area contributed by atoms with Gasteiger partial charge in [0.1, 0.15) is 0 Å². The number of hydrogen-bond acceptors (Lipinski definition) is 3. The predicted molar refractivity (Wildman–Crippen MR) is 99.3 cm³/mol. The first-order valence-electron chi connectivity index (χ1n) is 8.60. The van der Waals surface area contributed by atoms with Gasteiger partial charge < -0.3 is 4.74 Å². The second kappa shape index (κ2) is 8.12. The van der Waals surface area contributed by atoms with E-state index in [2.05, 4.69) is 67.7 Å². The smallest absolute Gasteiger partial charge is 0.0717 e. The van der Waals surface area contributed by atoms with Crippen LogP contribution in [0.1, 0.15) is 32.3 Å². The SMILES string of the molecule is C[C@@H](COCc1ccccc1)[C@H]1CC[C@H](C)[C@H]1C1SCCS1. The first-order valence-corrected chi connectivity index (χ1v) is 10.7. The van der Waals surface area contributed by atoms with Gasteiger partial charge in [0.15, 0.2) is 0 Å². The van der Waals surface area contributed by atoms with Crippen LogP contribution in [0, 0.1) is 23.7 Å². The van der Waals surface area contributed by atoms with Crippen molar-refractivity contribution in [2.45, 2.75) is 37.9 Å². The standard InChI is InChI=1S/C19H28OS2/c1-14-8-9-17(18(14)19-21-10-11-22-19)15(2)12-20-13-16-6-4-3-5-7-16/h3-7,14-15,17-19H,8-13H2,1-2H3/t14-,15-,17+,18+/m0/s1. The summed E-state index contributed by atoms with van der Waals surface area (Å²) >= 11 is 4.41. The van der Waals surface area contributed by atoms with Crippen LogP contribution in [0.25, 0.3) is 0 Å². The number of ether oxygens (including phenoxy) is 1. The lowest BCUT2D eigenvalue weighted by molar-refractivity contribution is 0.0634. The molecule has 4 atom stereocenters. The molecule has 22 heavy (non-hydrogen) atoms. The minimum Gasteiger partial charge on any atom is -0.376 e. The predicted octanol–water partition coefficient (Wildman–Crippen LogP) is 5.31. The third-order valence-electron chi connectivity index (χ3n) is 5.29. The molecule has 0 bridgehead atoms. The first kappa shape index (κ1) is 16.7. The second-order valence-corrected chi connectivity index (χ2v) is 9.68. The number of rotatable bonds is 6. The Hall–Kier alpha value is -0.120. The summed E-state index contributed by atoms with van der Waals surface area (Å²) in [5.74, 6) is 6.03. The molecule has 0 N–H and O–H groups in total. The second-order valence-electron chi connectivity index (χ2n) is 6.88. The molecule has 1 heterocycles. The van der Waals surface area contributed by atoms with Crippen LogP contribution in [0.5, 0.6) is 0 Å². The summed E-state index contributed by atoms with van der Waals surface area (Å²) in [6.07, 6.45) is 2.81. The van der Waals surface area contributed by atoms with E-state index < -0.39 is 0 Å². The van der Waals surface area contributed by atoms with Crippen molar-refractivity contribution in [3.8, 4) is 0 Å². The van der Waals surface area contributed by atoms with Gasteiger partial charge in [0.05, 0.1) is 11.2 Å². The summed E-state index contributed by atoms with van der Waals surface area (Å²) in [6.45, 7) is 6.54. The third kappa shape index (κ3) is 4.04. The zero-order chi connectivity index (χ0) is 15.4. The van der Waals surface area contributed by atoms with Gasteiger partial charge in [0.2, 0.25) is 0 Å². The van der Waals surface area contributed by atoms with Gasteiger partial charge in [-0.3, -0.25) is 0 Å². The van der Waals surface area contributed by atoms with Crippen molar-refractivity contribution in [2.24, 2.45) is 23.7 Å². The van der Waals surface area contributed by atoms with Gasteiger partial charge in [-0.25, -0.2) is 0 Å². The minimum absolute atomic E-state index is 0.681. The van der Waals surface area contributed by atoms with E-state index in [9.17, 15) is 0 Å². The largest absolute Gasteiger partial charge is 0.376 e. The molecule has 2 fully saturated rings. The summed E-state index contributed by atoms with van der Waals surface area (Å²) in [5.41, 5.74) is 1.29. The molecule has 0 amide bonds. The fourth-order valence-electron chi connectivity index (χ4n) is 4.06. The van der Waals surface area contributed by atoms with E-state index >= 15 is 0 Å². The van der Waals surface area contributed by atoms with Crippen LogP contribution in [-0.2, 0) is 11.3 Å². The van der Waals surface area contributed by atoms with Gasteiger partial charge in [-0.15, -0.1) is 23.5 Å². The quantitative estimate of drug-likeness (QED) is 0.697. The summed E-state index contributed by atoms with van der Waals surface area (Å²) < 4.78 is 6.87. The Balaban J connectivity index is 1.51. The van der Waals surface area contributed by atoms with Gasteiger partial charge >= 0.3 is 0 Å². The number of thioether (sulfide) groups is 2. The van der Waals surface area contributed by atoms with Gasteiger partial charge in [0, 0.05) is 18.1 Å². The molecule has 3 rings (SSSR count). The van der Waals surface area contributed by atoms with Crippen LogP contribution in [0.2, 0.25) is 0 Å². The fraction of sp³-hybridized carbons (Fsp3) is 0.684. The van der Waals surface area contributed by atoms with Crippen molar-refractivity contribution >= 4 is 23.5 Å². The van der Waals surface area contributed by atoms with Crippen molar-refractivity contribution in [2.75, 3.05) is 18.1 Å². The maximum absolute atomic E-state index is 6.03. The molecule has 0 unspecified atom stereocenters. The fourth-order valence-corrected chi connectivity index (χ4v) is 7.64. The van der Waals surface area contributed by atoms with Crippen molar-refractivity contribution in [1.29, 1.82) is 0 Å². The number of hydrogen-bond donors (Lipinski definition) is 0. The molecule has 1 aliphatic heterocycles. The van der Waals surface area contributed by atoms with Crippen molar-refractivity contribution in [1.82, 2.24) is 0 Å². The van der Waals surface area contributed by atoms with Gasteiger partial charge in [-0.05, 0) is 35.7 Å². The minimum atomic E-state index is 0.681. The lowest BCUT2D eigenvalue weighted by Crippen LogP contribution is -2.28. The normalized spacial score (nSPS) is 30.7. The average Bonchev–Trinajstić information content (AvgIpc) is 3.17. The number of benzene rings is 1. The molecule has 122 valence electrons. The van der Waals surface area contributed by atoms with E-state index in [0.717, 1.165) is 35.5 Å². The van der Waals surface area contributed by atoms with E-state index in [1.165, 1.54) is 29.9 Å². The summed E-state index contributed by atoms with van der Waals surface area (Å²) in [7, 11) is 0. The Morgan fingerprint density at radius 2 is 1.86 bits per heavy atom. The highest BCUT2D eigenvalue weighted by molar-refractivity contribution is 8.20. The zero-order valence-corrected chi connectivity index (χ0v) is 15.4. The highest BCUT2D eigenvalue weighted by atomic mass is 32.2. The molecular weight excluding hydrogens is 308 g/mol. The Morgan fingerprint density at radius 3 is 2.59 bits per heavy atom. The maximum Gasteiger partial charge on any atom is 0.0717 e. The van der Waals surface area contributed by atoms with Crippen LogP contribution < -0.4 is 0 Å². The molecule has 0 spiro atoms. The highest BCUT2D eigenvalue weighted by Gasteiger charge is 2.42. The Kier molecular flexibility index (Phi) is 6.17. The molecule has 0 aromatic heterocycles. The van der Waals surface area contributed by atoms with Crippen LogP contribution >= 0.6 is 23.5 Å². The highest BCUT2D eigenvalue weighted by Crippen LogP contribution is 2.51. The molecule has 1 aromatic carbocycles. The molecular formula is C19H28OS2. The monoisotopic (exact) mass is 336 g/mol. The van der Waals surface area contributed by atoms with Crippen molar-refractivity contribution in [3.63, 3.8) is 0 Å². The Bertz CT molecular complexity index is 444. The van der Waals surface area contributed by atoms with E-state index in [4.69, 9.17) is 4.74 Å². The molecule has 1 aromatic rings. The molecule has 1 saturated heterocycles. The molecule has 1 nitrogen and oxygen atoms in total. The van der Waals surface area contributed by atoms with Crippen molar-refractivity contribution < 1.29 is 4.74 Å². The lowest BCUT2D eigenvalue weighted by Gasteiger charge is -2.31. The van der Waals surface area contributed by atoms with E-state index in [1.807, 2.05) is 0 Å². The summed E-state index contributed by atoms with van der Waals surface area (Å²) in [4.78, 5) is 0. The summed E-state index contributed by atoms with van der Waals surface area (Å²) in [5, 5.41) is 0. The topological polar surface area (TPSA) is 9.23 Å². The third-order valence-corrected chi connectivity index (χ3v) is 8.53. The van der Waals surface area contributed by atoms with Gasteiger partial charge in [-0.1, -0.05) is 50.6 Å². The van der Waals surface area contributed by atoms with E-state index in [0.29, 0.717) is 5.92 Å². The maximum atomic E-state index is 6.03. The Morgan fingerprint density at radius 1 is 1.14 bits per heavy atom. The average molecular weight is 337 g/mol. The van der Waals surface area contributed by atoms with Crippen LogP contribution in [0.4, 0.5) is 0 Å². The molecule has 2 aliphatic rings. The van der Waals surface area contributed by atoms with Gasteiger partial charge in [-0.2, -0.15) is 0 Å². The lowest BCUT2D eigenvalue weighted by atomic mass is 9.83. The molecule has 3 heteroatoms. The van der Waals surface area contributed by atoms with E-state index in [1.54, 1.807) is 0 Å². The molecule has 1 saturated carbocycles. The Labute approximate surface area is 144 Å².